The molecule has 0 saturated heterocycles. The Hall–Kier alpha value is -1.93. The molecule has 1 aromatic carbocycles. The van der Waals surface area contributed by atoms with Gasteiger partial charge in [-0.25, -0.2) is 0 Å². The quantitative estimate of drug-likeness (QED) is 0.623. The summed E-state index contributed by atoms with van der Waals surface area (Å²) in [5.74, 6) is 0.671. The smallest absolute Gasteiger partial charge is 0.273 e. The van der Waals surface area contributed by atoms with Crippen molar-refractivity contribution in [1.29, 1.82) is 0 Å². The molecule has 0 amide bonds. The molecule has 0 unspecified atom stereocenters. The number of hydrogen-bond donors (Lipinski definition) is 0. The molecule has 0 bridgehead atoms. The molecule has 0 radical (unpaired) electrons. The fourth-order valence-corrected chi connectivity index (χ4v) is 2.10. The van der Waals surface area contributed by atoms with Crippen molar-refractivity contribution in [1.82, 2.24) is 10.2 Å². The Labute approximate surface area is 116 Å². The molecule has 1 heterocycles. The first-order valence-electron chi connectivity index (χ1n) is 5.03. The van der Waals surface area contributed by atoms with Gasteiger partial charge in [-0.1, -0.05) is 11.3 Å². The maximum Gasteiger partial charge on any atom is 0.273 e. The van der Waals surface area contributed by atoms with Gasteiger partial charge in [0.25, 0.3) is 5.69 Å². The Morgan fingerprint density at radius 2 is 2.21 bits per heavy atom. The first-order chi connectivity index (χ1) is 9.10. The molecule has 2 aromatic rings. The van der Waals surface area contributed by atoms with Crippen molar-refractivity contribution < 1.29 is 14.4 Å². The SMILES string of the molecule is COc1ccc([N+](=O)[O-])cc1OCc1nnc(Cl)s1. The van der Waals surface area contributed by atoms with Gasteiger partial charge in [-0.2, -0.15) is 0 Å². The predicted octanol–water partition coefficient (Wildman–Crippen LogP) is 2.69. The van der Waals surface area contributed by atoms with E-state index in [0.717, 1.165) is 0 Å². The average Bonchev–Trinajstić information content (AvgIpc) is 2.81. The number of non-ortho nitro benzene ring substituents is 1. The highest BCUT2D eigenvalue weighted by Gasteiger charge is 2.13. The third kappa shape index (κ3) is 3.30. The number of aromatic nitrogens is 2. The number of methoxy groups -OCH3 is 1. The minimum absolute atomic E-state index is 0.0777. The van der Waals surface area contributed by atoms with Crippen LogP contribution in [0.15, 0.2) is 18.2 Å². The summed E-state index contributed by atoms with van der Waals surface area (Å²) in [5, 5.41) is 18.7. The lowest BCUT2D eigenvalue weighted by molar-refractivity contribution is -0.385. The van der Waals surface area contributed by atoms with Crippen LogP contribution in [0.5, 0.6) is 11.5 Å². The maximum absolute atomic E-state index is 10.7. The van der Waals surface area contributed by atoms with E-state index in [0.29, 0.717) is 15.2 Å². The summed E-state index contributed by atoms with van der Waals surface area (Å²) in [5.41, 5.74) is -0.0777. The Morgan fingerprint density at radius 1 is 1.42 bits per heavy atom. The number of hydrogen-bond acceptors (Lipinski definition) is 7. The van der Waals surface area contributed by atoms with Crippen LogP contribution in [0, 0.1) is 10.1 Å². The second-order valence-electron chi connectivity index (χ2n) is 3.33. The van der Waals surface area contributed by atoms with Gasteiger partial charge in [0.05, 0.1) is 18.1 Å². The van der Waals surface area contributed by atoms with Crippen LogP contribution in [-0.4, -0.2) is 22.2 Å². The number of rotatable bonds is 5. The normalized spacial score (nSPS) is 10.2. The van der Waals surface area contributed by atoms with E-state index in [2.05, 4.69) is 10.2 Å². The van der Waals surface area contributed by atoms with Gasteiger partial charge >= 0.3 is 0 Å². The molecule has 7 nitrogen and oxygen atoms in total. The molecule has 0 spiro atoms. The largest absolute Gasteiger partial charge is 0.493 e. The predicted molar refractivity (Wildman–Crippen MR) is 68.9 cm³/mol. The van der Waals surface area contributed by atoms with E-state index >= 15 is 0 Å². The zero-order valence-electron chi connectivity index (χ0n) is 9.70. The molecule has 0 N–H and O–H groups in total. The van der Waals surface area contributed by atoms with E-state index in [4.69, 9.17) is 21.1 Å². The summed E-state index contributed by atoms with van der Waals surface area (Å²) in [7, 11) is 1.45. The molecular formula is C10H8ClN3O4S. The molecule has 0 aliphatic carbocycles. The standard InChI is InChI=1S/C10H8ClN3O4S/c1-17-7-3-2-6(14(15)16)4-8(7)18-5-9-12-13-10(11)19-9/h2-4H,5H2,1H3. The van der Waals surface area contributed by atoms with Gasteiger partial charge in [0.15, 0.2) is 16.5 Å². The molecule has 9 heteroatoms. The third-order valence-electron chi connectivity index (χ3n) is 2.15. The van der Waals surface area contributed by atoms with Crippen LogP contribution in [0.4, 0.5) is 5.69 Å². The molecule has 0 aliphatic heterocycles. The van der Waals surface area contributed by atoms with Crippen molar-refractivity contribution in [3.63, 3.8) is 0 Å². The molecule has 100 valence electrons. The maximum atomic E-state index is 10.7. The highest BCUT2D eigenvalue weighted by Crippen LogP contribution is 2.32. The van der Waals surface area contributed by atoms with E-state index in [1.165, 1.54) is 36.6 Å². The molecule has 1 aromatic heterocycles. The van der Waals surface area contributed by atoms with Crippen molar-refractivity contribution in [3.05, 3.63) is 37.8 Å². The van der Waals surface area contributed by atoms with Gasteiger partial charge in [0, 0.05) is 6.07 Å². The summed E-state index contributed by atoms with van der Waals surface area (Å²) < 4.78 is 10.8. The van der Waals surface area contributed by atoms with E-state index < -0.39 is 4.92 Å². The van der Waals surface area contributed by atoms with Crippen molar-refractivity contribution in [2.24, 2.45) is 0 Å². The molecule has 19 heavy (non-hydrogen) atoms. The molecule has 0 atom stereocenters. The summed E-state index contributed by atoms with van der Waals surface area (Å²) in [6, 6.07) is 4.11. The van der Waals surface area contributed by atoms with Crippen LogP contribution in [-0.2, 0) is 6.61 Å². The Morgan fingerprint density at radius 3 is 2.79 bits per heavy atom. The van der Waals surface area contributed by atoms with E-state index in [-0.39, 0.29) is 18.0 Å². The van der Waals surface area contributed by atoms with Gasteiger partial charge < -0.3 is 9.47 Å². The van der Waals surface area contributed by atoms with Gasteiger partial charge in [0.2, 0.25) is 4.47 Å². The van der Waals surface area contributed by atoms with Crippen LogP contribution in [0.25, 0.3) is 0 Å². The number of nitro groups is 1. The first-order valence-corrected chi connectivity index (χ1v) is 6.22. The molecule has 0 aliphatic rings. The Kier molecular flexibility index (Phi) is 4.13. The van der Waals surface area contributed by atoms with Crippen LogP contribution in [0.3, 0.4) is 0 Å². The van der Waals surface area contributed by atoms with Crippen molar-refractivity contribution in [3.8, 4) is 11.5 Å². The Bertz CT molecular complexity index is 604. The van der Waals surface area contributed by atoms with Crippen molar-refractivity contribution in [2.75, 3.05) is 7.11 Å². The number of nitro benzene ring substituents is 1. The average molecular weight is 302 g/mol. The van der Waals surface area contributed by atoms with Crippen LogP contribution >= 0.6 is 22.9 Å². The van der Waals surface area contributed by atoms with E-state index in [9.17, 15) is 10.1 Å². The van der Waals surface area contributed by atoms with Crippen LogP contribution in [0.2, 0.25) is 4.47 Å². The van der Waals surface area contributed by atoms with Gasteiger partial charge in [-0.3, -0.25) is 10.1 Å². The monoisotopic (exact) mass is 301 g/mol. The van der Waals surface area contributed by atoms with Gasteiger partial charge in [-0.05, 0) is 17.7 Å². The molecule has 0 saturated carbocycles. The molecular weight excluding hydrogens is 294 g/mol. The van der Waals surface area contributed by atoms with Gasteiger partial charge in [-0.15, -0.1) is 10.2 Å². The third-order valence-corrected chi connectivity index (χ3v) is 3.14. The topological polar surface area (TPSA) is 87.4 Å². The lowest BCUT2D eigenvalue weighted by Crippen LogP contribution is -1.98. The first kappa shape index (κ1) is 13.5. The van der Waals surface area contributed by atoms with Crippen molar-refractivity contribution in [2.45, 2.75) is 6.61 Å². The lowest BCUT2D eigenvalue weighted by atomic mass is 10.3. The highest BCUT2D eigenvalue weighted by molar-refractivity contribution is 7.15. The second kappa shape index (κ2) is 5.81. The van der Waals surface area contributed by atoms with Crippen LogP contribution in [0.1, 0.15) is 5.01 Å². The minimum atomic E-state index is -0.506. The summed E-state index contributed by atoms with van der Waals surface area (Å²) >= 11 is 6.82. The number of ether oxygens (including phenoxy) is 2. The molecule has 0 fully saturated rings. The van der Waals surface area contributed by atoms with E-state index in [1.807, 2.05) is 0 Å². The number of nitrogens with zero attached hydrogens (tertiary/aromatic N) is 3. The zero-order valence-corrected chi connectivity index (χ0v) is 11.3. The number of benzene rings is 1. The lowest BCUT2D eigenvalue weighted by Gasteiger charge is -2.08. The highest BCUT2D eigenvalue weighted by atomic mass is 35.5. The molecule has 2 rings (SSSR count). The summed E-state index contributed by atoms with van der Waals surface area (Å²) in [4.78, 5) is 10.2. The fourth-order valence-electron chi connectivity index (χ4n) is 1.32. The van der Waals surface area contributed by atoms with E-state index in [1.54, 1.807) is 0 Å². The van der Waals surface area contributed by atoms with Crippen LogP contribution < -0.4 is 9.47 Å². The minimum Gasteiger partial charge on any atom is -0.493 e. The number of halogens is 1. The van der Waals surface area contributed by atoms with Crippen molar-refractivity contribution >= 4 is 28.6 Å². The summed E-state index contributed by atoms with van der Waals surface area (Å²) in [6.45, 7) is 0.113. The Balaban J connectivity index is 2.17. The zero-order chi connectivity index (χ0) is 13.8. The fraction of sp³-hybridized carbons (Fsp3) is 0.200. The summed E-state index contributed by atoms with van der Waals surface area (Å²) in [6.07, 6.45) is 0. The second-order valence-corrected chi connectivity index (χ2v) is 4.97. The van der Waals surface area contributed by atoms with Gasteiger partial charge in [0.1, 0.15) is 6.61 Å².